The van der Waals surface area contributed by atoms with Crippen molar-refractivity contribution in [1.82, 2.24) is 19.8 Å². The van der Waals surface area contributed by atoms with Gasteiger partial charge in [-0.3, -0.25) is 4.79 Å². The minimum Gasteiger partial charge on any atom is -0.356 e. The number of carbonyl (C=O) groups excluding carboxylic acids is 1. The number of hydrogen-bond acceptors (Lipinski definition) is 4. The van der Waals surface area contributed by atoms with E-state index < -0.39 is 0 Å². The maximum atomic E-state index is 12.3. The molecule has 1 aromatic heterocycles. The molecule has 1 aliphatic heterocycles. The number of nitrogens with zero attached hydrogens (tertiary/aromatic N) is 3. The van der Waals surface area contributed by atoms with Gasteiger partial charge in [-0.05, 0) is 26.4 Å². The molecule has 1 aliphatic rings. The number of carbonyl (C=O) groups is 1. The van der Waals surface area contributed by atoms with Crippen LogP contribution in [0.15, 0.2) is 6.20 Å². The molecule has 0 fully saturated rings. The predicted octanol–water partition coefficient (Wildman–Crippen LogP) is 1.01. The molecule has 6 heteroatoms. The van der Waals surface area contributed by atoms with E-state index in [4.69, 9.17) is 0 Å². The third kappa shape index (κ3) is 3.50. The zero-order valence-corrected chi connectivity index (χ0v) is 12.8. The second-order valence-corrected chi connectivity index (χ2v) is 6.01. The number of nitrogens with one attached hydrogen (secondary N) is 2. The van der Waals surface area contributed by atoms with Crippen LogP contribution in [0.4, 0.5) is 5.95 Å². The first-order chi connectivity index (χ1) is 9.47. The fourth-order valence-corrected chi connectivity index (χ4v) is 2.35. The van der Waals surface area contributed by atoms with Crippen LogP contribution in [0.25, 0.3) is 0 Å². The van der Waals surface area contributed by atoms with Gasteiger partial charge in [-0.2, -0.15) is 0 Å². The number of anilines is 1. The summed E-state index contributed by atoms with van der Waals surface area (Å²) in [5.74, 6) is 1.10. The SMILES string of the molecule is CC(C)C(CN(C)C)NC(=O)c1cn2c(n1)NCCC2. The van der Waals surface area contributed by atoms with Gasteiger partial charge in [0.15, 0.2) is 0 Å². The molecule has 6 nitrogen and oxygen atoms in total. The van der Waals surface area contributed by atoms with Crippen molar-refractivity contribution < 1.29 is 4.79 Å². The Morgan fingerprint density at radius 3 is 2.90 bits per heavy atom. The zero-order chi connectivity index (χ0) is 14.7. The Bertz CT molecular complexity index is 443. The Labute approximate surface area is 120 Å². The maximum Gasteiger partial charge on any atom is 0.271 e. The number of fused-ring (bicyclic) bond motifs is 1. The highest BCUT2D eigenvalue weighted by molar-refractivity contribution is 5.92. The fraction of sp³-hybridized carbons (Fsp3) is 0.714. The molecule has 0 aliphatic carbocycles. The molecule has 0 aromatic carbocycles. The third-order valence-corrected chi connectivity index (χ3v) is 3.55. The fourth-order valence-electron chi connectivity index (χ4n) is 2.35. The van der Waals surface area contributed by atoms with Crippen LogP contribution < -0.4 is 10.6 Å². The molecule has 1 amide bonds. The number of rotatable bonds is 5. The lowest BCUT2D eigenvalue weighted by Crippen LogP contribution is -2.45. The van der Waals surface area contributed by atoms with E-state index in [0.29, 0.717) is 11.6 Å². The van der Waals surface area contributed by atoms with E-state index in [1.54, 1.807) is 0 Å². The average Bonchev–Trinajstić information content (AvgIpc) is 2.81. The first-order valence-electron chi connectivity index (χ1n) is 7.24. The number of aryl methyl sites for hydroxylation is 1. The Balaban J connectivity index is 2.04. The summed E-state index contributed by atoms with van der Waals surface area (Å²) in [6.07, 6.45) is 2.91. The van der Waals surface area contributed by atoms with Gasteiger partial charge in [0.25, 0.3) is 5.91 Å². The van der Waals surface area contributed by atoms with Gasteiger partial charge in [0.05, 0.1) is 0 Å². The minimum atomic E-state index is -0.0887. The zero-order valence-electron chi connectivity index (χ0n) is 12.8. The maximum absolute atomic E-state index is 12.3. The Kier molecular flexibility index (Phi) is 4.65. The second-order valence-electron chi connectivity index (χ2n) is 6.01. The summed E-state index contributed by atoms with van der Waals surface area (Å²) in [6.45, 7) is 6.92. The molecule has 1 atom stereocenters. The highest BCUT2D eigenvalue weighted by atomic mass is 16.2. The first kappa shape index (κ1) is 14.8. The smallest absolute Gasteiger partial charge is 0.271 e. The highest BCUT2D eigenvalue weighted by Crippen LogP contribution is 2.14. The standard InChI is InChI=1S/C14H25N5O/c1-10(2)11(8-18(3)4)16-13(20)12-9-19-7-5-6-15-14(19)17-12/h9-11H,5-8H2,1-4H3,(H,15,17)(H,16,20). The van der Waals surface area contributed by atoms with Gasteiger partial charge in [0.1, 0.15) is 5.69 Å². The molecular formula is C14H25N5O. The summed E-state index contributed by atoms with van der Waals surface area (Å²) in [4.78, 5) is 18.8. The van der Waals surface area contributed by atoms with E-state index in [2.05, 4.69) is 34.4 Å². The van der Waals surface area contributed by atoms with Crippen molar-refractivity contribution in [2.75, 3.05) is 32.5 Å². The average molecular weight is 279 g/mol. The van der Waals surface area contributed by atoms with Crippen molar-refractivity contribution in [3.8, 4) is 0 Å². The molecule has 1 aromatic rings. The van der Waals surface area contributed by atoms with Gasteiger partial charge in [-0.15, -0.1) is 0 Å². The van der Waals surface area contributed by atoms with E-state index in [1.807, 2.05) is 24.9 Å². The number of likely N-dealkylation sites (N-methyl/N-ethyl adjacent to an activating group) is 1. The van der Waals surface area contributed by atoms with E-state index >= 15 is 0 Å². The molecule has 0 saturated carbocycles. The van der Waals surface area contributed by atoms with Crippen molar-refractivity contribution in [1.29, 1.82) is 0 Å². The Morgan fingerprint density at radius 2 is 2.30 bits per heavy atom. The molecule has 2 heterocycles. The summed E-state index contributed by atoms with van der Waals surface area (Å²) in [5, 5.41) is 6.30. The highest BCUT2D eigenvalue weighted by Gasteiger charge is 2.21. The largest absolute Gasteiger partial charge is 0.356 e. The summed E-state index contributed by atoms with van der Waals surface area (Å²) >= 11 is 0. The number of amides is 1. The summed E-state index contributed by atoms with van der Waals surface area (Å²) in [5.41, 5.74) is 0.499. The van der Waals surface area contributed by atoms with Crippen molar-refractivity contribution in [2.45, 2.75) is 32.9 Å². The lowest BCUT2D eigenvalue weighted by Gasteiger charge is -2.25. The molecule has 20 heavy (non-hydrogen) atoms. The lowest BCUT2D eigenvalue weighted by atomic mass is 10.0. The first-order valence-corrected chi connectivity index (χ1v) is 7.24. The molecule has 2 rings (SSSR count). The van der Waals surface area contributed by atoms with Crippen molar-refractivity contribution in [3.63, 3.8) is 0 Å². The molecule has 0 spiro atoms. The number of aromatic nitrogens is 2. The molecule has 2 N–H and O–H groups in total. The van der Waals surface area contributed by atoms with E-state index in [0.717, 1.165) is 32.0 Å². The van der Waals surface area contributed by atoms with Gasteiger partial charge in [0, 0.05) is 31.9 Å². The van der Waals surface area contributed by atoms with Gasteiger partial charge in [-0.25, -0.2) is 4.98 Å². The minimum absolute atomic E-state index is 0.0887. The van der Waals surface area contributed by atoms with Crippen molar-refractivity contribution >= 4 is 11.9 Å². The van der Waals surface area contributed by atoms with Crippen LogP contribution in [-0.4, -0.2) is 53.6 Å². The quantitative estimate of drug-likeness (QED) is 0.844. The van der Waals surface area contributed by atoms with E-state index in [-0.39, 0.29) is 11.9 Å². The van der Waals surface area contributed by atoms with Crippen LogP contribution in [0.1, 0.15) is 30.8 Å². The van der Waals surface area contributed by atoms with Crippen LogP contribution in [0, 0.1) is 5.92 Å². The normalized spacial score (nSPS) is 15.9. The van der Waals surface area contributed by atoms with Crippen LogP contribution in [0.3, 0.4) is 0 Å². The predicted molar refractivity (Wildman–Crippen MR) is 80.0 cm³/mol. The topological polar surface area (TPSA) is 62.2 Å². The third-order valence-electron chi connectivity index (χ3n) is 3.55. The van der Waals surface area contributed by atoms with E-state index in [9.17, 15) is 4.79 Å². The lowest BCUT2D eigenvalue weighted by molar-refractivity contribution is 0.0912. The van der Waals surface area contributed by atoms with Crippen molar-refractivity contribution in [2.24, 2.45) is 5.92 Å². The number of hydrogen-bond donors (Lipinski definition) is 2. The molecule has 0 saturated heterocycles. The van der Waals surface area contributed by atoms with Gasteiger partial charge < -0.3 is 20.1 Å². The van der Waals surface area contributed by atoms with Crippen LogP contribution in [0.5, 0.6) is 0 Å². The van der Waals surface area contributed by atoms with E-state index in [1.165, 1.54) is 0 Å². The number of imidazole rings is 1. The second kappa shape index (κ2) is 6.26. The summed E-state index contributed by atoms with van der Waals surface area (Å²) < 4.78 is 2.01. The van der Waals surface area contributed by atoms with Crippen LogP contribution in [0.2, 0.25) is 0 Å². The van der Waals surface area contributed by atoms with Gasteiger partial charge in [0.2, 0.25) is 5.95 Å². The van der Waals surface area contributed by atoms with Crippen LogP contribution >= 0.6 is 0 Å². The molecular weight excluding hydrogens is 254 g/mol. The Hall–Kier alpha value is -1.56. The van der Waals surface area contributed by atoms with Crippen LogP contribution in [-0.2, 0) is 6.54 Å². The molecule has 1 unspecified atom stereocenters. The summed E-state index contributed by atoms with van der Waals surface area (Å²) in [7, 11) is 4.03. The molecule has 0 bridgehead atoms. The monoisotopic (exact) mass is 279 g/mol. The summed E-state index contributed by atoms with van der Waals surface area (Å²) in [6, 6.07) is 0.129. The molecule has 112 valence electrons. The van der Waals surface area contributed by atoms with Gasteiger partial charge in [-0.1, -0.05) is 13.8 Å². The molecule has 0 radical (unpaired) electrons. The van der Waals surface area contributed by atoms with Gasteiger partial charge >= 0.3 is 0 Å². The Morgan fingerprint density at radius 1 is 1.55 bits per heavy atom. The van der Waals surface area contributed by atoms with Crippen molar-refractivity contribution in [3.05, 3.63) is 11.9 Å².